The third-order valence-electron chi connectivity index (χ3n) is 3.73. The Morgan fingerprint density at radius 3 is 2.50 bits per heavy atom. The molecule has 2 aromatic rings. The Kier molecular flexibility index (Phi) is 3.34. The monoisotopic (exact) mass is 272 g/mol. The zero-order valence-electron chi connectivity index (χ0n) is 12.2. The Morgan fingerprint density at radius 2 is 1.90 bits per heavy atom. The van der Waals surface area contributed by atoms with Crippen molar-refractivity contribution >= 4 is 0 Å². The van der Waals surface area contributed by atoms with Crippen LogP contribution in [-0.2, 0) is 10.2 Å². The van der Waals surface area contributed by atoms with Crippen LogP contribution >= 0.6 is 0 Å². The molecule has 3 rings (SSSR count). The lowest BCUT2D eigenvalue weighted by Crippen LogP contribution is -2.10. The van der Waals surface area contributed by atoms with Crippen LogP contribution in [0.25, 0.3) is 11.5 Å². The summed E-state index contributed by atoms with van der Waals surface area (Å²) in [6.45, 7) is 8.09. The van der Waals surface area contributed by atoms with Crippen LogP contribution in [0.2, 0.25) is 0 Å². The fraction of sp³-hybridized carbons (Fsp3) is 0.500. The molecule has 1 saturated heterocycles. The highest BCUT2D eigenvalue weighted by molar-refractivity contribution is 5.53. The van der Waals surface area contributed by atoms with Crippen LogP contribution in [0.4, 0.5) is 0 Å². The van der Waals surface area contributed by atoms with Crippen LogP contribution in [0.3, 0.4) is 0 Å². The molecule has 0 unspecified atom stereocenters. The number of hydrogen-bond acceptors (Lipinski definition) is 4. The van der Waals surface area contributed by atoms with E-state index in [1.165, 1.54) is 5.56 Å². The number of benzene rings is 1. The Bertz CT molecular complexity index is 575. The SMILES string of the molecule is CC(C)(C)c1ccc(-c2nc([C@H]3CCOC3)no2)cc1. The average molecular weight is 272 g/mol. The van der Waals surface area contributed by atoms with E-state index in [-0.39, 0.29) is 11.3 Å². The van der Waals surface area contributed by atoms with Gasteiger partial charge in [-0.05, 0) is 29.5 Å². The molecule has 0 aliphatic carbocycles. The molecule has 4 nitrogen and oxygen atoms in total. The molecule has 2 heterocycles. The number of rotatable bonds is 2. The maximum atomic E-state index is 5.37. The van der Waals surface area contributed by atoms with Crippen molar-refractivity contribution in [1.82, 2.24) is 10.1 Å². The van der Waals surface area contributed by atoms with Gasteiger partial charge in [0.05, 0.1) is 6.61 Å². The third-order valence-corrected chi connectivity index (χ3v) is 3.73. The summed E-state index contributed by atoms with van der Waals surface area (Å²) in [5.74, 6) is 1.63. The molecule has 0 N–H and O–H groups in total. The number of hydrogen-bond donors (Lipinski definition) is 0. The van der Waals surface area contributed by atoms with Gasteiger partial charge in [-0.25, -0.2) is 0 Å². The van der Waals surface area contributed by atoms with Crippen LogP contribution in [-0.4, -0.2) is 23.4 Å². The first-order valence-electron chi connectivity index (χ1n) is 7.06. The van der Waals surface area contributed by atoms with E-state index in [1.807, 2.05) is 12.1 Å². The zero-order chi connectivity index (χ0) is 14.2. The standard InChI is InChI=1S/C16H20N2O2/c1-16(2,3)13-6-4-11(5-7-13)15-17-14(18-20-15)12-8-9-19-10-12/h4-7,12H,8-10H2,1-3H3/t12-/m0/s1. The van der Waals surface area contributed by atoms with Gasteiger partial charge in [0.2, 0.25) is 0 Å². The van der Waals surface area contributed by atoms with Gasteiger partial charge in [0, 0.05) is 18.1 Å². The smallest absolute Gasteiger partial charge is 0.257 e. The average Bonchev–Trinajstić information content (AvgIpc) is 3.09. The molecule has 1 aliphatic heterocycles. The first-order chi connectivity index (χ1) is 9.54. The Labute approximate surface area is 119 Å². The summed E-state index contributed by atoms with van der Waals surface area (Å²) in [5, 5.41) is 4.08. The number of ether oxygens (including phenoxy) is 1. The molecule has 4 heteroatoms. The minimum absolute atomic E-state index is 0.152. The van der Waals surface area contributed by atoms with E-state index in [1.54, 1.807) is 0 Å². The molecule has 20 heavy (non-hydrogen) atoms. The highest BCUT2D eigenvalue weighted by Crippen LogP contribution is 2.27. The van der Waals surface area contributed by atoms with Crippen molar-refractivity contribution in [3.05, 3.63) is 35.7 Å². The van der Waals surface area contributed by atoms with Crippen LogP contribution in [0.5, 0.6) is 0 Å². The van der Waals surface area contributed by atoms with E-state index in [2.05, 4.69) is 43.0 Å². The summed E-state index contributed by atoms with van der Waals surface area (Å²) in [4.78, 5) is 4.50. The first kappa shape index (κ1) is 13.3. The van der Waals surface area contributed by atoms with E-state index in [0.29, 0.717) is 12.5 Å². The van der Waals surface area contributed by atoms with Gasteiger partial charge < -0.3 is 9.26 Å². The van der Waals surface area contributed by atoms with Crippen molar-refractivity contribution in [1.29, 1.82) is 0 Å². The second-order valence-corrected chi connectivity index (χ2v) is 6.35. The molecule has 1 aromatic heterocycles. The largest absolute Gasteiger partial charge is 0.381 e. The molecule has 1 fully saturated rings. The third kappa shape index (κ3) is 2.61. The Hall–Kier alpha value is -1.68. The fourth-order valence-electron chi connectivity index (χ4n) is 2.37. The van der Waals surface area contributed by atoms with Crippen LogP contribution in [0, 0.1) is 0 Å². The molecule has 1 aromatic carbocycles. The van der Waals surface area contributed by atoms with Crippen LogP contribution < -0.4 is 0 Å². The minimum Gasteiger partial charge on any atom is -0.381 e. The second-order valence-electron chi connectivity index (χ2n) is 6.35. The van der Waals surface area contributed by atoms with Crippen molar-refractivity contribution in [3.8, 4) is 11.5 Å². The minimum atomic E-state index is 0.152. The molecule has 0 bridgehead atoms. The molecule has 0 spiro atoms. The van der Waals surface area contributed by atoms with Crippen molar-refractivity contribution < 1.29 is 9.26 Å². The van der Waals surface area contributed by atoms with Gasteiger partial charge in [-0.3, -0.25) is 0 Å². The molecular formula is C16H20N2O2. The second kappa shape index (κ2) is 5.02. The highest BCUT2D eigenvalue weighted by atomic mass is 16.5. The van der Waals surface area contributed by atoms with E-state index in [4.69, 9.17) is 9.26 Å². The maximum absolute atomic E-state index is 5.37. The van der Waals surface area contributed by atoms with E-state index in [0.717, 1.165) is 24.4 Å². The normalized spacial score (nSPS) is 19.4. The fourth-order valence-corrected chi connectivity index (χ4v) is 2.37. The lowest BCUT2D eigenvalue weighted by Gasteiger charge is -2.18. The number of nitrogens with zero attached hydrogens (tertiary/aromatic N) is 2. The summed E-state index contributed by atoms with van der Waals surface area (Å²) in [5.41, 5.74) is 2.42. The van der Waals surface area contributed by atoms with Gasteiger partial charge in [-0.15, -0.1) is 0 Å². The van der Waals surface area contributed by atoms with Crippen molar-refractivity contribution in [2.45, 2.75) is 38.5 Å². The molecule has 1 atom stereocenters. The molecule has 0 radical (unpaired) electrons. The molecule has 0 saturated carbocycles. The van der Waals surface area contributed by atoms with Crippen LogP contribution in [0.1, 0.15) is 44.5 Å². The van der Waals surface area contributed by atoms with Crippen molar-refractivity contribution in [2.24, 2.45) is 0 Å². The van der Waals surface area contributed by atoms with Gasteiger partial charge in [0.1, 0.15) is 0 Å². The Morgan fingerprint density at radius 1 is 1.15 bits per heavy atom. The van der Waals surface area contributed by atoms with Gasteiger partial charge in [-0.2, -0.15) is 4.98 Å². The van der Waals surface area contributed by atoms with Gasteiger partial charge in [0.25, 0.3) is 5.89 Å². The van der Waals surface area contributed by atoms with Crippen molar-refractivity contribution in [3.63, 3.8) is 0 Å². The zero-order valence-corrected chi connectivity index (χ0v) is 12.2. The van der Waals surface area contributed by atoms with Crippen LogP contribution in [0.15, 0.2) is 28.8 Å². The molecule has 106 valence electrons. The van der Waals surface area contributed by atoms with E-state index in [9.17, 15) is 0 Å². The molecular weight excluding hydrogens is 252 g/mol. The summed E-state index contributed by atoms with van der Waals surface area (Å²) >= 11 is 0. The van der Waals surface area contributed by atoms with Gasteiger partial charge >= 0.3 is 0 Å². The highest BCUT2D eigenvalue weighted by Gasteiger charge is 2.23. The van der Waals surface area contributed by atoms with Gasteiger partial charge in [-0.1, -0.05) is 38.1 Å². The quantitative estimate of drug-likeness (QED) is 0.839. The van der Waals surface area contributed by atoms with E-state index < -0.39 is 0 Å². The van der Waals surface area contributed by atoms with Gasteiger partial charge in [0.15, 0.2) is 5.82 Å². The van der Waals surface area contributed by atoms with E-state index >= 15 is 0 Å². The molecule has 0 amide bonds. The summed E-state index contributed by atoms with van der Waals surface area (Å²) < 4.78 is 10.7. The Balaban J connectivity index is 1.82. The lowest BCUT2D eigenvalue weighted by molar-refractivity contribution is 0.192. The first-order valence-corrected chi connectivity index (χ1v) is 7.06. The van der Waals surface area contributed by atoms with Crippen molar-refractivity contribution in [2.75, 3.05) is 13.2 Å². The lowest BCUT2D eigenvalue weighted by atomic mass is 9.87. The molecule has 1 aliphatic rings. The summed E-state index contributed by atoms with van der Waals surface area (Å²) in [6, 6.07) is 8.34. The predicted molar refractivity (Wildman–Crippen MR) is 76.6 cm³/mol. The predicted octanol–water partition coefficient (Wildman–Crippen LogP) is 3.54. The summed E-state index contributed by atoms with van der Waals surface area (Å²) in [7, 11) is 0. The maximum Gasteiger partial charge on any atom is 0.257 e. The number of aromatic nitrogens is 2. The summed E-state index contributed by atoms with van der Waals surface area (Å²) in [6.07, 6.45) is 0.974. The topological polar surface area (TPSA) is 48.2 Å².